The van der Waals surface area contributed by atoms with E-state index in [1.807, 2.05) is 23.4 Å². The second-order valence-corrected chi connectivity index (χ2v) is 5.86. The fourth-order valence-electron chi connectivity index (χ4n) is 2.43. The van der Waals surface area contributed by atoms with E-state index in [0.717, 1.165) is 25.1 Å². The highest BCUT2D eigenvalue weighted by Crippen LogP contribution is 2.25. The molecule has 0 aromatic carbocycles. The van der Waals surface area contributed by atoms with Gasteiger partial charge in [0.2, 0.25) is 0 Å². The van der Waals surface area contributed by atoms with Crippen LogP contribution in [0.3, 0.4) is 0 Å². The van der Waals surface area contributed by atoms with E-state index >= 15 is 0 Å². The van der Waals surface area contributed by atoms with Gasteiger partial charge in [0.25, 0.3) is 0 Å². The highest BCUT2D eigenvalue weighted by Gasteiger charge is 2.20. The maximum Gasteiger partial charge on any atom is 0.0794 e. The molecule has 2 rings (SSSR count). The molecular weight excluding hydrogens is 256 g/mol. The maximum atomic E-state index is 4.53. The van der Waals surface area contributed by atoms with Crippen molar-refractivity contribution in [3.8, 4) is 0 Å². The third-order valence-corrected chi connectivity index (χ3v) is 4.24. The lowest BCUT2D eigenvalue weighted by atomic mass is 10.0. The van der Waals surface area contributed by atoms with Gasteiger partial charge in [-0.05, 0) is 26.8 Å². The molecule has 1 N–H and O–H groups in total. The topological polar surface area (TPSA) is 42.7 Å². The summed E-state index contributed by atoms with van der Waals surface area (Å²) in [6.07, 6.45) is 4.09. The fraction of sp³-hybridized carbons (Fsp3) is 0.571. The molecule has 0 aliphatic carbocycles. The summed E-state index contributed by atoms with van der Waals surface area (Å²) in [6.45, 7) is 7.45. The summed E-state index contributed by atoms with van der Waals surface area (Å²) >= 11 is 1.72. The monoisotopic (exact) mass is 278 g/mol. The van der Waals surface area contributed by atoms with Crippen LogP contribution >= 0.6 is 11.3 Å². The van der Waals surface area contributed by atoms with Gasteiger partial charge in [-0.2, -0.15) is 5.10 Å². The first kappa shape index (κ1) is 14.2. The number of nitrogens with one attached hydrogen (secondary N) is 1. The van der Waals surface area contributed by atoms with Crippen LogP contribution in [0.25, 0.3) is 0 Å². The molecule has 2 aromatic heterocycles. The van der Waals surface area contributed by atoms with Crippen molar-refractivity contribution in [2.75, 3.05) is 6.54 Å². The van der Waals surface area contributed by atoms with Crippen molar-refractivity contribution in [2.24, 2.45) is 7.05 Å². The Balaban J connectivity index is 2.25. The molecule has 0 fully saturated rings. The molecule has 2 aromatic rings. The zero-order valence-corrected chi connectivity index (χ0v) is 12.9. The van der Waals surface area contributed by atoms with E-state index in [1.54, 1.807) is 11.3 Å². The van der Waals surface area contributed by atoms with Crippen molar-refractivity contribution in [3.63, 3.8) is 0 Å². The molecule has 0 radical (unpaired) electrons. The van der Waals surface area contributed by atoms with Crippen LogP contribution in [0.15, 0.2) is 11.7 Å². The lowest BCUT2D eigenvalue weighted by molar-refractivity contribution is 0.527. The Kier molecular flexibility index (Phi) is 4.71. The summed E-state index contributed by atoms with van der Waals surface area (Å²) in [5.74, 6) is 0. The van der Waals surface area contributed by atoms with E-state index in [4.69, 9.17) is 0 Å². The molecule has 0 spiro atoms. The molecule has 104 valence electrons. The summed E-state index contributed by atoms with van der Waals surface area (Å²) in [6, 6.07) is 0.328. The Labute approximate surface area is 118 Å². The summed E-state index contributed by atoms with van der Waals surface area (Å²) in [5, 5.41) is 8.18. The average molecular weight is 278 g/mol. The van der Waals surface area contributed by atoms with E-state index in [1.165, 1.54) is 16.1 Å². The van der Waals surface area contributed by atoms with Crippen LogP contribution in [0.1, 0.15) is 41.2 Å². The predicted molar refractivity (Wildman–Crippen MR) is 79.5 cm³/mol. The van der Waals surface area contributed by atoms with E-state index in [-0.39, 0.29) is 0 Å². The van der Waals surface area contributed by atoms with Gasteiger partial charge in [-0.25, -0.2) is 0 Å². The predicted octanol–water partition coefficient (Wildman–Crippen LogP) is 2.78. The zero-order chi connectivity index (χ0) is 13.8. The van der Waals surface area contributed by atoms with Gasteiger partial charge in [0, 0.05) is 41.8 Å². The normalized spacial score (nSPS) is 12.8. The van der Waals surface area contributed by atoms with Crippen LogP contribution in [-0.4, -0.2) is 21.3 Å². The van der Waals surface area contributed by atoms with Crippen molar-refractivity contribution in [1.29, 1.82) is 0 Å². The molecule has 1 unspecified atom stereocenters. The second kappa shape index (κ2) is 6.30. The molecule has 19 heavy (non-hydrogen) atoms. The quantitative estimate of drug-likeness (QED) is 0.883. The molecule has 0 saturated carbocycles. The van der Waals surface area contributed by atoms with Crippen molar-refractivity contribution < 1.29 is 0 Å². The molecule has 1 atom stereocenters. The Morgan fingerprint density at radius 1 is 1.42 bits per heavy atom. The molecular formula is C14H22N4S. The Hall–Kier alpha value is -1.20. The van der Waals surface area contributed by atoms with Crippen LogP contribution in [-0.2, 0) is 13.5 Å². The van der Waals surface area contributed by atoms with Gasteiger partial charge in [0.1, 0.15) is 0 Å². The first-order valence-corrected chi connectivity index (χ1v) is 7.62. The van der Waals surface area contributed by atoms with Gasteiger partial charge in [-0.1, -0.05) is 6.92 Å². The second-order valence-electron chi connectivity index (χ2n) is 4.89. The van der Waals surface area contributed by atoms with Crippen LogP contribution in [0, 0.1) is 13.8 Å². The minimum absolute atomic E-state index is 0.328. The smallest absolute Gasteiger partial charge is 0.0794 e. The highest BCUT2D eigenvalue weighted by atomic mass is 32.1. The first-order chi connectivity index (χ1) is 9.13. The molecule has 5 heteroatoms. The van der Waals surface area contributed by atoms with Crippen LogP contribution in [0.5, 0.6) is 0 Å². The number of hydrogen-bond acceptors (Lipinski definition) is 4. The SMILES string of the molecule is CCCNC(Cc1cncs1)c1c(C)nn(C)c1C. The van der Waals surface area contributed by atoms with Crippen LogP contribution < -0.4 is 5.32 Å². The molecule has 0 aliphatic heterocycles. The van der Waals surface area contributed by atoms with E-state index in [0.29, 0.717) is 6.04 Å². The van der Waals surface area contributed by atoms with Crippen LogP contribution in [0.4, 0.5) is 0 Å². The van der Waals surface area contributed by atoms with E-state index < -0.39 is 0 Å². The first-order valence-electron chi connectivity index (χ1n) is 6.74. The van der Waals surface area contributed by atoms with Crippen molar-refractivity contribution in [1.82, 2.24) is 20.1 Å². The number of hydrogen-bond donors (Lipinski definition) is 1. The van der Waals surface area contributed by atoms with E-state index in [2.05, 4.69) is 36.2 Å². The average Bonchev–Trinajstić information content (AvgIpc) is 2.95. The van der Waals surface area contributed by atoms with Crippen LogP contribution in [0.2, 0.25) is 0 Å². The molecule has 0 bridgehead atoms. The van der Waals surface area contributed by atoms with Gasteiger partial charge in [0.15, 0.2) is 0 Å². The summed E-state index contributed by atoms with van der Waals surface area (Å²) < 4.78 is 1.97. The van der Waals surface area contributed by atoms with Gasteiger partial charge < -0.3 is 5.32 Å². The Morgan fingerprint density at radius 3 is 2.74 bits per heavy atom. The highest BCUT2D eigenvalue weighted by molar-refractivity contribution is 7.09. The Morgan fingerprint density at radius 2 is 2.21 bits per heavy atom. The lowest BCUT2D eigenvalue weighted by Gasteiger charge is -2.18. The van der Waals surface area contributed by atoms with Gasteiger partial charge in [-0.15, -0.1) is 11.3 Å². The van der Waals surface area contributed by atoms with Gasteiger partial charge in [-0.3, -0.25) is 9.67 Å². The minimum Gasteiger partial charge on any atom is -0.310 e. The van der Waals surface area contributed by atoms with Gasteiger partial charge >= 0.3 is 0 Å². The van der Waals surface area contributed by atoms with Gasteiger partial charge in [0.05, 0.1) is 11.2 Å². The minimum atomic E-state index is 0.328. The number of rotatable bonds is 6. The molecule has 0 amide bonds. The van der Waals surface area contributed by atoms with E-state index in [9.17, 15) is 0 Å². The lowest BCUT2D eigenvalue weighted by Crippen LogP contribution is -2.25. The summed E-state index contributed by atoms with van der Waals surface area (Å²) in [5.41, 5.74) is 5.60. The molecule has 0 saturated heterocycles. The number of thiazole rings is 1. The molecule has 4 nitrogen and oxygen atoms in total. The zero-order valence-electron chi connectivity index (χ0n) is 12.1. The fourth-order valence-corrected chi connectivity index (χ4v) is 3.07. The van der Waals surface area contributed by atoms with Crippen molar-refractivity contribution >= 4 is 11.3 Å². The summed E-state index contributed by atoms with van der Waals surface area (Å²) in [7, 11) is 2.01. The largest absolute Gasteiger partial charge is 0.310 e. The van der Waals surface area contributed by atoms with Crippen molar-refractivity contribution in [2.45, 2.75) is 39.7 Å². The molecule has 2 heterocycles. The Bertz CT molecular complexity index is 516. The number of nitrogens with zero attached hydrogens (tertiary/aromatic N) is 3. The third-order valence-electron chi connectivity index (χ3n) is 3.44. The third kappa shape index (κ3) is 3.22. The number of aryl methyl sites for hydroxylation is 2. The number of aromatic nitrogens is 3. The van der Waals surface area contributed by atoms with Crippen molar-refractivity contribution in [3.05, 3.63) is 33.5 Å². The standard InChI is InChI=1S/C14H22N4S/c1-5-6-16-13(7-12-8-15-9-19-12)14-10(2)17-18(4)11(14)3/h8-9,13,16H,5-7H2,1-4H3. The maximum absolute atomic E-state index is 4.53. The summed E-state index contributed by atoms with van der Waals surface area (Å²) in [4.78, 5) is 5.49. The molecule has 0 aliphatic rings.